The molecule has 0 unspecified atom stereocenters. The predicted molar refractivity (Wildman–Crippen MR) is 93.4 cm³/mol. The fraction of sp³-hybridized carbons (Fsp3) is 0.647. The third-order valence-corrected chi connectivity index (χ3v) is 5.82. The van der Waals surface area contributed by atoms with Gasteiger partial charge in [0, 0.05) is 19.6 Å². The van der Waals surface area contributed by atoms with Crippen molar-refractivity contribution in [1.82, 2.24) is 9.21 Å². The third-order valence-electron chi connectivity index (χ3n) is 4.47. The standard InChI is InChI=1S/C17H28N2O3S/c1-15-6-4-7-17(14-15)22-13-5-10-19-11-8-16(9-12-19)18(2)23(3,20)21/h4,6-7,14,16H,5,8-13H2,1-3H3. The lowest BCUT2D eigenvalue weighted by Crippen LogP contribution is -2.45. The number of rotatable bonds is 7. The van der Waals surface area contributed by atoms with E-state index in [2.05, 4.69) is 17.9 Å². The van der Waals surface area contributed by atoms with Gasteiger partial charge in [-0.3, -0.25) is 0 Å². The number of hydrogen-bond donors (Lipinski definition) is 0. The van der Waals surface area contributed by atoms with Gasteiger partial charge in [0.2, 0.25) is 10.0 Å². The van der Waals surface area contributed by atoms with Crippen molar-refractivity contribution in [3.63, 3.8) is 0 Å². The zero-order chi connectivity index (χ0) is 16.9. The van der Waals surface area contributed by atoms with Gasteiger partial charge in [0.05, 0.1) is 12.9 Å². The molecule has 1 aliphatic heterocycles. The number of piperidine rings is 1. The summed E-state index contributed by atoms with van der Waals surface area (Å²) in [4.78, 5) is 2.40. The summed E-state index contributed by atoms with van der Waals surface area (Å²) in [6.45, 7) is 5.68. The lowest BCUT2D eigenvalue weighted by Gasteiger charge is -2.35. The average molecular weight is 340 g/mol. The first kappa shape index (κ1) is 18.2. The van der Waals surface area contributed by atoms with Crippen molar-refractivity contribution in [2.45, 2.75) is 32.2 Å². The van der Waals surface area contributed by atoms with Crippen molar-refractivity contribution in [3.8, 4) is 5.75 Å². The Bertz CT molecular complexity index is 596. The Morgan fingerprint density at radius 1 is 1.30 bits per heavy atom. The molecule has 0 bridgehead atoms. The van der Waals surface area contributed by atoms with E-state index >= 15 is 0 Å². The Morgan fingerprint density at radius 3 is 2.61 bits per heavy atom. The quantitative estimate of drug-likeness (QED) is 0.714. The Hall–Kier alpha value is -1.11. The van der Waals surface area contributed by atoms with Crippen LogP contribution in [0.5, 0.6) is 5.75 Å². The van der Waals surface area contributed by atoms with E-state index in [-0.39, 0.29) is 6.04 Å². The minimum absolute atomic E-state index is 0.143. The molecule has 1 aromatic rings. The summed E-state index contributed by atoms with van der Waals surface area (Å²) in [7, 11) is -1.39. The average Bonchev–Trinajstić information content (AvgIpc) is 2.51. The van der Waals surface area contributed by atoms with Gasteiger partial charge < -0.3 is 9.64 Å². The van der Waals surface area contributed by atoms with Crippen LogP contribution in [0.2, 0.25) is 0 Å². The lowest BCUT2D eigenvalue weighted by atomic mass is 10.1. The van der Waals surface area contributed by atoms with E-state index in [1.807, 2.05) is 18.2 Å². The molecule has 130 valence electrons. The largest absolute Gasteiger partial charge is 0.494 e. The van der Waals surface area contributed by atoms with Crippen molar-refractivity contribution < 1.29 is 13.2 Å². The summed E-state index contributed by atoms with van der Waals surface area (Å²) in [6, 6.07) is 8.24. The molecule has 0 aromatic heterocycles. The van der Waals surface area contributed by atoms with E-state index in [1.165, 1.54) is 16.1 Å². The minimum atomic E-state index is -3.08. The second-order valence-electron chi connectivity index (χ2n) is 6.37. The summed E-state index contributed by atoms with van der Waals surface area (Å²) < 4.78 is 30.4. The molecule has 0 spiro atoms. The molecule has 23 heavy (non-hydrogen) atoms. The number of nitrogens with zero attached hydrogens (tertiary/aromatic N) is 2. The maximum Gasteiger partial charge on any atom is 0.211 e. The van der Waals surface area contributed by atoms with Crippen molar-refractivity contribution in [3.05, 3.63) is 29.8 Å². The van der Waals surface area contributed by atoms with Crippen molar-refractivity contribution in [2.24, 2.45) is 0 Å². The highest BCUT2D eigenvalue weighted by Gasteiger charge is 2.26. The van der Waals surface area contributed by atoms with Crippen molar-refractivity contribution in [2.75, 3.05) is 39.5 Å². The van der Waals surface area contributed by atoms with Crippen LogP contribution in [0.15, 0.2) is 24.3 Å². The highest BCUT2D eigenvalue weighted by Crippen LogP contribution is 2.18. The molecule has 0 radical (unpaired) electrons. The molecule has 0 atom stereocenters. The van der Waals surface area contributed by atoms with Gasteiger partial charge >= 0.3 is 0 Å². The molecular formula is C17H28N2O3S. The molecule has 0 amide bonds. The number of hydrogen-bond acceptors (Lipinski definition) is 4. The van der Waals surface area contributed by atoms with Gasteiger partial charge in [0.25, 0.3) is 0 Å². The molecule has 2 rings (SSSR count). The van der Waals surface area contributed by atoms with Crippen LogP contribution in [0.25, 0.3) is 0 Å². The zero-order valence-electron chi connectivity index (χ0n) is 14.4. The lowest BCUT2D eigenvalue weighted by molar-refractivity contribution is 0.160. The van der Waals surface area contributed by atoms with E-state index in [1.54, 1.807) is 7.05 Å². The molecule has 0 N–H and O–H groups in total. The normalized spacial score (nSPS) is 17.6. The minimum Gasteiger partial charge on any atom is -0.494 e. The molecule has 0 saturated carbocycles. The van der Waals surface area contributed by atoms with Crippen LogP contribution in [0.4, 0.5) is 0 Å². The maximum atomic E-state index is 11.6. The van der Waals surface area contributed by atoms with Crippen LogP contribution in [0, 0.1) is 6.92 Å². The van der Waals surface area contributed by atoms with Gasteiger partial charge in [-0.05, 0) is 57.0 Å². The van der Waals surface area contributed by atoms with Crippen LogP contribution < -0.4 is 4.74 Å². The smallest absolute Gasteiger partial charge is 0.211 e. The fourth-order valence-electron chi connectivity index (χ4n) is 2.96. The van der Waals surface area contributed by atoms with Gasteiger partial charge in [-0.2, -0.15) is 0 Å². The summed E-state index contributed by atoms with van der Waals surface area (Å²) in [5.41, 5.74) is 1.21. The van der Waals surface area contributed by atoms with Gasteiger partial charge in [0.1, 0.15) is 5.75 Å². The first-order valence-electron chi connectivity index (χ1n) is 8.21. The summed E-state index contributed by atoms with van der Waals surface area (Å²) >= 11 is 0. The van der Waals surface area contributed by atoms with Crippen LogP contribution in [-0.2, 0) is 10.0 Å². The molecule has 1 fully saturated rings. The molecule has 1 aromatic carbocycles. The van der Waals surface area contributed by atoms with E-state index in [4.69, 9.17) is 4.74 Å². The fourth-order valence-corrected chi connectivity index (χ4v) is 3.71. The molecule has 1 saturated heterocycles. The van der Waals surface area contributed by atoms with Gasteiger partial charge in [-0.1, -0.05) is 12.1 Å². The summed E-state index contributed by atoms with van der Waals surface area (Å²) in [5.74, 6) is 0.929. The first-order chi connectivity index (χ1) is 10.9. The second-order valence-corrected chi connectivity index (χ2v) is 8.41. The monoisotopic (exact) mass is 340 g/mol. The van der Waals surface area contributed by atoms with Crippen molar-refractivity contribution in [1.29, 1.82) is 0 Å². The maximum absolute atomic E-state index is 11.6. The predicted octanol–water partition coefficient (Wildman–Crippen LogP) is 2.12. The van der Waals surface area contributed by atoms with E-state index in [0.717, 1.165) is 44.6 Å². The second kappa shape index (κ2) is 8.13. The van der Waals surface area contributed by atoms with E-state index in [9.17, 15) is 8.42 Å². The highest BCUT2D eigenvalue weighted by atomic mass is 32.2. The highest BCUT2D eigenvalue weighted by molar-refractivity contribution is 7.88. The SMILES string of the molecule is Cc1cccc(OCCCN2CCC(N(C)S(C)(=O)=O)CC2)c1. The van der Waals surface area contributed by atoms with Crippen LogP contribution in [0.1, 0.15) is 24.8 Å². The number of benzene rings is 1. The van der Waals surface area contributed by atoms with Gasteiger partial charge in [-0.25, -0.2) is 12.7 Å². The molecule has 1 aliphatic rings. The topological polar surface area (TPSA) is 49.9 Å². The van der Waals surface area contributed by atoms with E-state index < -0.39 is 10.0 Å². The molecular weight excluding hydrogens is 312 g/mol. The van der Waals surface area contributed by atoms with E-state index in [0.29, 0.717) is 6.61 Å². The number of ether oxygens (including phenoxy) is 1. The zero-order valence-corrected chi connectivity index (χ0v) is 15.2. The molecule has 5 nitrogen and oxygen atoms in total. The van der Waals surface area contributed by atoms with Crippen LogP contribution >= 0.6 is 0 Å². The summed E-state index contributed by atoms with van der Waals surface area (Å²) in [6.07, 6.45) is 4.08. The van der Waals surface area contributed by atoms with Crippen LogP contribution in [-0.4, -0.2) is 63.2 Å². The third kappa shape index (κ3) is 5.79. The first-order valence-corrected chi connectivity index (χ1v) is 10.1. The number of likely N-dealkylation sites (tertiary alicyclic amines) is 1. The number of aryl methyl sites for hydroxylation is 1. The Morgan fingerprint density at radius 2 is 2.00 bits per heavy atom. The molecule has 6 heteroatoms. The van der Waals surface area contributed by atoms with Crippen molar-refractivity contribution >= 4 is 10.0 Å². The Kier molecular flexibility index (Phi) is 6.44. The number of sulfonamides is 1. The van der Waals surface area contributed by atoms with Crippen LogP contribution in [0.3, 0.4) is 0 Å². The van der Waals surface area contributed by atoms with Gasteiger partial charge in [0.15, 0.2) is 0 Å². The Balaban J connectivity index is 1.65. The summed E-state index contributed by atoms with van der Waals surface area (Å²) in [5, 5.41) is 0. The van der Waals surface area contributed by atoms with Gasteiger partial charge in [-0.15, -0.1) is 0 Å². The molecule has 1 heterocycles. The Labute approximate surface area is 140 Å². The molecule has 0 aliphatic carbocycles.